The Balaban J connectivity index is 2.09. The zero-order valence-corrected chi connectivity index (χ0v) is 14.6. The van der Waals surface area contributed by atoms with Gasteiger partial charge in [0, 0.05) is 17.2 Å². The van der Waals surface area contributed by atoms with E-state index in [9.17, 15) is 9.18 Å². The molecule has 1 aromatic heterocycles. The second-order valence-electron chi connectivity index (χ2n) is 6.27. The number of carbonyl (C=O) groups excluding carboxylic acids is 1. The van der Waals surface area contributed by atoms with Gasteiger partial charge in [-0.15, -0.1) is 0 Å². The van der Waals surface area contributed by atoms with Crippen molar-refractivity contribution in [2.45, 2.75) is 40.3 Å². The van der Waals surface area contributed by atoms with Crippen LogP contribution in [0.1, 0.15) is 32.0 Å². The molecule has 1 aromatic carbocycles. The average molecular weight is 334 g/mol. The summed E-state index contributed by atoms with van der Waals surface area (Å²) in [6, 6.07) is 6.28. The van der Waals surface area contributed by atoms with Gasteiger partial charge in [0.15, 0.2) is 12.3 Å². The van der Waals surface area contributed by atoms with Gasteiger partial charge in [0.25, 0.3) is 5.91 Å². The number of aromatic nitrogens is 1. The lowest BCUT2D eigenvalue weighted by atomic mass is 10.1. The highest BCUT2D eigenvalue weighted by molar-refractivity contribution is 5.77. The summed E-state index contributed by atoms with van der Waals surface area (Å²) in [5.41, 5.74) is 2.54. The first-order chi connectivity index (χ1) is 11.4. The Morgan fingerprint density at radius 1 is 1.33 bits per heavy atom. The maximum Gasteiger partial charge on any atom is 0.275 e. The number of likely N-dealkylation sites (N-methyl/N-ethyl adjacent to an activating group) is 1. The van der Waals surface area contributed by atoms with Crippen LogP contribution in [0.4, 0.5) is 4.39 Å². The number of carbonyl (C=O) groups is 1. The number of hydrogen-bond acceptors (Lipinski definition) is 3. The number of nitrogens with one attached hydrogen (secondary N) is 2. The van der Waals surface area contributed by atoms with Crippen LogP contribution in [0.15, 0.2) is 28.8 Å². The molecule has 0 spiro atoms. The van der Waals surface area contributed by atoms with E-state index in [2.05, 4.69) is 10.5 Å². The second kappa shape index (κ2) is 8.06. The largest absolute Gasteiger partial charge is 0.356 e. The van der Waals surface area contributed by atoms with Crippen molar-refractivity contribution in [2.24, 2.45) is 0 Å². The van der Waals surface area contributed by atoms with Crippen molar-refractivity contribution in [3.63, 3.8) is 0 Å². The van der Waals surface area contributed by atoms with E-state index in [0.29, 0.717) is 18.8 Å². The quantitative estimate of drug-likeness (QED) is 0.810. The van der Waals surface area contributed by atoms with Crippen LogP contribution < -0.4 is 10.2 Å². The smallest absolute Gasteiger partial charge is 0.275 e. The van der Waals surface area contributed by atoms with Crippen LogP contribution in [-0.2, 0) is 11.3 Å². The zero-order chi connectivity index (χ0) is 17.7. The number of rotatable bonds is 7. The minimum atomic E-state index is -0.283. The molecule has 0 saturated heterocycles. The Hall–Kier alpha value is -2.21. The molecular formula is C18H25FN3O2+. The minimum Gasteiger partial charge on any atom is -0.356 e. The fraction of sp³-hybridized carbons (Fsp3) is 0.444. The number of amides is 1. The summed E-state index contributed by atoms with van der Waals surface area (Å²) in [4.78, 5) is 13.1. The van der Waals surface area contributed by atoms with E-state index in [1.54, 1.807) is 12.1 Å². The molecule has 6 heteroatoms. The molecule has 0 saturated carbocycles. The minimum absolute atomic E-state index is 0.0294. The van der Waals surface area contributed by atoms with Crippen LogP contribution in [0.3, 0.4) is 0 Å². The molecular weight excluding hydrogens is 309 g/mol. The van der Waals surface area contributed by atoms with E-state index in [4.69, 9.17) is 4.52 Å². The Morgan fingerprint density at radius 3 is 2.58 bits per heavy atom. The lowest BCUT2D eigenvalue weighted by molar-refractivity contribution is -0.904. The molecule has 0 radical (unpaired) electrons. The van der Waals surface area contributed by atoms with Crippen LogP contribution in [0.25, 0.3) is 11.3 Å². The maximum absolute atomic E-state index is 13.1. The molecule has 5 nitrogen and oxygen atoms in total. The van der Waals surface area contributed by atoms with Gasteiger partial charge < -0.3 is 14.7 Å². The Labute approximate surface area is 141 Å². The molecule has 0 bridgehead atoms. The molecule has 1 amide bonds. The van der Waals surface area contributed by atoms with Crippen molar-refractivity contribution in [2.75, 3.05) is 13.1 Å². The molecule has 0 fully saturated rings. The van der Waals surface area contributed by atoms with Crippen molar-refractivity contribution < 1.29 is 18.6 Å². The van der Waals surface area contributed by atoms with Gasteiger partial charge in [-0.25, -0.2) is 4.39 Å². The summed E-state index contributed by atoms with van der Waals surface area (Å²) in [5, 5.41) is 7.05. The summed E-state index contributed by atoms with van der Waals surface area (Å²) in [6.07, 6.45) is 0. The lowest BCUT2D eigenvalue weighted by Crippen LogP contribution is -3.11. The number of nitrogens with zero attached hydrogens (tertiary/aromatic N) is 1. The molecule has 2 aromatic rings. The summed E-state index contributed by atoms with van der Waals surface area (Å²) >= 11 is 0. The average Bonchev–Trinajstić information content (AvgIpc) is 2.87. The molecule has 0 aliphatic heterocycles. The van der Waals surface area contributed by atoms with Gasteiger partial charge in [0.05, 0.1) is 6.54 Å². The third kappa shape index (κ3) is 4.64. The predicted molar refractivity (Wildman–Crippen MR) is 90.0 cm³/mol. The number of quaternary nitrogens is 1. The summed E-state index contributed by atoms with van der Waals surface area (Å²) < 4.78 is 18.5. The van der Waals surface area contributed by atoms with E-state index in [0.717, 1.165) is 28.3 Å². The first-order valence-corrected chi connectivity index (χ1v) is 8.24. The normalized spacial score (nSPS) is 12.4. The third-order valence-electron chi connectivity index (χ3n) is 3.90. The van der Waals surface area contributed by atoms with E-state index in [1.165, 1.54) is 12.1 Å². The van der Waals surface area contributed by atoms with Crippen LogP contribution in [0.5, 0.6) is 0 Å². The number of benzene rings is 1. The van der Waals surface area contributed by atoms with Gasteiger partial charge in [-0.1, -0.05) is 5.16 Å². The molecule has 0 aliphatic carbocycles. The second-order valence-corrected chi connectivity index (χ2v) is 6.27. The Morgan fingerprint density at radius 2 is 2.00 bits per heavy atom. The lowest BCUT2D eigenvalue weighted by Gasteiger charge is -2.17. The van der Waals surface area contributed by atoms with E-state index in [-0.39, 0.29) is 17.8 Å². The summed E-state index contributed by atoms with van der Waals surface area (Å²) in [7, 11) is 0. The van der Waals surface area contributed by atoms with Crippen LogP contribution in [0, 0.1) is 12.7 Å². The molecule has 24 heavy (non-hydrogen) atoms. The van der Waals surface area contributed by atoms with Gasteiger partial charge in [0.1, 0.15) is 18.1 Å². The van der Waals surface area contributed by atoms with Crippen LogP contribution in [-0.4, -0.2) is 30.2 Å². The van der Waals surface area contributed by atoms with Crippen LogP contribution in [0.2, 0.25) is 0 Å². The van der Waals surface area contributed by atoms with E-state index in [1.807, 2.05) is 27.7 Å². The fourth-order valence-corrected chi connectivity index (χ4v) is 2.55. The Kier molecular flexibility index (Phi) is 6.09. The topological polar surface area (TPSA) is 59.6 Å². The van der Waals surface area contributed by atoms with Crippen molar-refractivity contribution in [1.82, 2.24) is 10.5 Å². The molecule has 1 heterocycles. The molecule has 0 aliphatic rings. The van der Waals surface area contributed by atoms with Gasteiger partial charge in [-0.2, -0.15) is 0 Å². The zero-order valence-electron chi connectivity index (χ0n) is 14.6. The van der Waals surface area contributed by atoms with Crippen molar-refractivity contribution in [1.29, 1.82) is 0 Å². The molecule has 2 rings (SSSR count). The van der Waals surface area contributed by atoms with E-state index >= 15 is 0 Å². The first-order valence-electron chi connectivity index (χ1n) is 8.24. The van der Waals surface area contributed by atoms with Gasteiger partial charge >= 0.3 is 0 Å². The van der Waals surface area contributed by atoms with Crippen molar-refractivity contribution in [3.05, 3.63) is 41.3 Å². The molecule has 130 valence electrons. The maximum atomic E-state index is 13.1. The third-order valence-corrected chi connectivity index (χ3v) is 3.90. The summed E-state index contributed by atoms with van der Waals surface area (Å²) in [6.45, 7) is 9.68. The SMILES string of the molecule is CC[NH+](CC(=O)NC(C)C)Cc1noc(-c2ccc(F)cc2)c1C. The number of hydrogen-bond donors (Lipinski definition) is 2. The number of halogens is 1. The highest BCUT2D eigenvalue weighted by Gasteiger charge is 2.20. The summed E-state index contributed by atoms with van der Waals surface area (Å²) in [5.74, 6) is 0.391. The highest BCUT2D eigenvalue weighted by atomic mass is 19.1. The first kappa shape index (κ1) is 18.1. The standard InChI is InChI=1S/C18H24FN3O2/c1-5-22(11-17(23)20-12(2)3)10-16-13(4)18(24-21-16)14-6-8-15(19)9-7-14/h6-9,12H,5,10-11H2,1-4H3,(H,20,23)/p+1. The van der Waals surface area contributed by atoms with Gasteiger partial charge in [-0.05, 0) is 52.0 Å². The monoisotopic (exact) mass is 334 g/mol. The van der Waals surface area contributed by atoms with Crippen LogP contribution >= 0.6 is 0 Å². The predicted octanol–water partition coefficient (Wildman–Crippen LogP) is 1.72. The van der Waals surface area contributed by atoms with E-state index < -0.39 is 0 Å². The fourth-order valence-electron chi connectivity index (χ4n) is 2.55. The molecule has 1 unspecified atom stereocenters. The van der Waals surface area contributed by atoms with Gasteiger partial charge in [-0.3, -0.25) is 4.79 Å². The molecule has 1 atom stereocenters. The van der Waals surface area contributed by atoms with Gasteiger partial charge in [0.2, 0.25) is 0 Å². The molecule has 2 N–H and O–H groups in total. The Bertz CT molecular complexity index is 680. The van der Waals surface area contributed by atoms with Crippen molar-refractivity contribution >= 4 is 5.91 Å². The van der Waals surface area contributed by atoms with Crippen molar-refractivity contribution in [3.8, 4) is 11.3 Å². The highest BCUT2D eigenvalue weighted by Crippen LogP contribution is 2.25.